The molecule has 0 aliphatic carbocycles. The zero-order valence-electron chi connectivity index (χ0n) is 13.3. The van der Waals surface area contributed by atoms with Crippen LogP contribution in [0.15, 0.2) is 23.8 Å². The molecule has 1 heterocycles. The van der Waals surface area contributed by atoms with Crippen LogP contribution in [0.4, 0.5) is 4.39 Å². The van der Waals surface area contributed by atoms with E-state index in [0.717, 1.165) is 0 Å². The van der Waals surface area contributed by atoms with Crippen LogP contribution in [-0.2, 0) is 19.1 Å². The molecule has 0 amide bonds. The Bertz CT molecular complexity index is 686. The van der Waals surface area contributed by atoms with Gasteiger partial charge in [-0.25, -0.2) is 9.18 Å². The van der Waals surface area contributed by atoms with Crippen molar-refractivity contribution in [2.45, 2.75) is 25.9 Å². The van der Waals surface area contributed by atoms with E-state index in [4.69, 9.17) is 21.1 Å². The Kier molecular flexibility index (Phi) is 5.62. The largest absolute Gasteiger partial charge is 0.461 e. The van der Waals surface area contributed by atoms with Gasteiger partial charge >= 0.3 is 11.9 Å². The Hall–Kier alpha value is -1.92. The van der Waals surface area contributed by atoms with Crippen molar-refractivity contribution in [1.82, 2.24) is 0 Å². The fourth-order valence-corrected chi connectivity index (χ4v) is 2.33. The van der Waals surface area contributed by atoms with Gasteiger partial charge in [0.25, 0.3) is 0 Å². The predicted molar refractivity (Wildman–Crippen MR) is 85.7 cm³/mol. The molecular weight excluding hydrogens is 339 g/mol. The summed E-state index contributed by atoms with van der Waals surface area (Å²) in [6.45, 7) is 2.62. The highest BCUT2D eigenvalue weighted by atomic mass is 35.5. The summed E-state index contributed by atoms with van der Waals surface area (Å²) in [5, 5.41) is 9.56. The summed E-state index contributed by atoms with van der Waals surface area (Å²) in [7, 11) is 0. The monoisotopic (exact) mass is 356 g/mol. The van der Waals surface area contributed by atoms with Crippen LogP contribution < -0.4 is 0 Å². The van der Waals surface area contributed by atoms with Crippen molar-refractivity contribution < 1.29 is 28.6 Å². The molecule has 5 nitrogen and oxygen atoms in total. The van der Waals surface area contributed by atoms with Crippen LogP contribution in [0, 0.1) is 11.7 Å². The smallest absolute Gasteiger partial charge is 0.334 e. The Balaban J connectivity index is 2.16. The molecule has 1 aromatic rings. The van der Waals surface area contributed by atoms with Gasteiger partial charge in [0.15, 0.2) is 5.60 Å². The number of hydrogen-bond donors (Lipinski definition) is 1. The molecule has 1 atom stereocenters. The van der Waals surface area contributed by atoms with Gasteiger partial charge in [-0.05, 0) is 23.8 Å². The van der Waals surface area contributed by atoms with E-state index in [1.165, 1.54) is 18.2 Å². The lowest BCUT2D eigenvalue weighted by Crippen LogP contribution is -2.39. The number of ether oxygens (including phenoxy) is 2. The molecule has 1 aliphatic heterocycles. The number of benzene rings is 1. The number of aliphatic hydroxyl groups is 1. The predicted octanol–water partition coefficient (Wildman–Crippen LogP) is 2.74. The van der Waals surface area contributed by atoms with E-state index >= 15 is 0 Å². The van der Waals surface area contributed by atoms with Crippen LogP contribution in [0.2, 0.25) is 5.02 Å². The topological polar surface area (TPSA) is 72.8 Å². The minimum Gasteiger partial charge on any atom is -0.461 e. The van der Waals surface area contributed by atoms with Crippen LogP contribution in [0.5, 0.6) is 0 Å². The lowest BCUT2D eigenvalue weighted by Gasteiger charge is -2.24. The van der Waals surface area contributed by atoms with E-state index in [1.807, 2.05) is 0 Å². The van der Waals surface area contributed by atoms with Gasteiger partial charge in [-0.2, -0.15) is 0 Å². The Labute approximate surface area is 144 Å². The molecule has 24 heavy (non-hydrogen) atoms. The molecule has 1 unspecified atom stereocenters. The molecule has 1 aromatic carbocycles. The summed E-state index contributed by atoms with van der Waals surface area (Å²) in [4.78, 5) is 23.6. The van der Waals surface area contributed by atoms with Crippen LogP contribution in [0.25, 0.3) is 6.08 Å². The van der Waals surface area contributed by atoms with E-state index in [9.17, 15) is 19.1 Å². The van der Waals surface area contributed by atoms with Crippen molar-refractivity contribution >= 4 is 29.6 Å². The summed E-state index contributed by atoms with van der Waals surface area (Å²) >= 11 is 5.62. The Morgan fingerprint density at radius 2 is 2.25 bits per heavy atom. The fraction of sp³-hybridized carbons (Fsp3) is 0.412. The van der Waals surface area contributed by atoms with E-state index in [2.05, 4.69) is 0 Å². The average molecular weight is 357 g/mol. The second kappa shape index (κ2) is 7.32. The van der Waals surface area contributed by atoms with Gasteiger partial charge in [-0.3, -0.25) is 4.79 Å². The van der Waals surface area contributed by atoms with Crippen molar-refractivity contribution in [3.8, 4) is 0 Å². The van der Waals surface area contributed by atoms with Crippen molar-refractivity contribution in [2.75, 3.05) is 13.2 Å². The molecule has 7 heteroatoms. The van der Waals surface area contributed by atoms with Gasteiger partial charge in [0.1, 0.15) is 12.4 Å². The number of carbonyl (C=O) groups is 2. The molecule has 1 N–H and O–H groups in total. The summed E-state index contributed by atoms with van der Waals surface area (Å²) in [6.07, 6.45) is 1.52. The number of aliphatic hydroxyl groups excluding tert-OH is 1. The third-order valence-electron chi connectivity index (χ3n) is 3.61. The Morgan fingerprint density at radius 3 is 2.83 bits per heavy atom. The first-order valence-electron chi connectivity index (χ1n) is 7.43. The van der Waals surface area contributed by atoms with Gasteiger partial charge in [0, 0.05) is 12.0 Å². The molecule has 0 radical (unpaired) electrons. The van der Waals surface area contributed by atoms with Crippen LogP contribution in [-0.4, -0.2) is 35.9 Å². The quantitative estimate of drug-likeness (QED) is 0.648. The highest BCUT2D eigenvalue weighted by Crippen LogP contribution is 2.32. The second-order valence-electron chi connectivity index (χ2n) is 6.01. The van der Waals surface area contributed by atoms with E-state index in [1.54, 1.807) is 19.9 Å². The van der Waals surface area contributed by atoms with Gasteiger partial charge < -0.3 is 14.6 Å². The number of rotatable bonds is 5. The average Bonchev–Trinajstić information content (AvgIpc) is 2.85. The van der Waals surface area contributed by atoms with Crippen molar-refractivity contribution in [2.24, 2.45) is 5.92 Å². The fourth-order valence-electron chi connectivity index (χ4n) is 2.21. The molecule has 2 rings (SSSR count). The van der Waals surface area contributed by atoms with Gasteiger partial charge in [0.05, 0.1) is 17.5 Å². The first-order chi connectivity index (χ1) is 11.3. The molecule has 1 aliphatic rings. The standard InChI is InChI=1S/C17H18ClFO5/c1-10(2)15(21)23-9-17(8-20)7-12(16(22)24-17)5-11-3-4-13(18)14(19)6-11/h3-6,10,20H,7-9H2,1-2H3/b12-5-. The molecule has 0 aromatic heterocycles. The van der Waals surface area contributed by atoms with Gasteiger partial charge in [0.2, 0.25) is 0 Å². The van der Waals surface area contributed by atoms with Crippen molar-refractivity contribution in [3.05, 3.63) is 40.2 Å². The van der Waals surface area contributed by atoms with Crippen molar-refractivity contribution in [1.29, 1.82) is 0 Å². The summed E-state index contributed by atoms with van der Waals surface area (Å²) in [5.41, 5.74) is -0.610. The third-order valence-corrected chi connectivity index (χ3v) is 3.91. The van der Waals surface area contributed by atoms with Crippen LogP contribution in [0.1, 0.15) is 25.8 Å². The second-order valence-corrected chi connectivity index (χ2v) is 6.42. The molecule has 130 valence electrons. The molecule has 0 spiro atoms. The number of halogens is 2. The number of hydrogen-bond acceptors (Lipinski definition) is 5. The van der Waals surface area contributed by atoms with Crippen LogP contribution >= 0.6 is 11.6 Å². The lowest BCUT2D eigenvalue weighted by molar-refractivity contribution is -0.168. The minimum absolute atomic E-state index is 0.0172. The number of cyclic esters (lactones) is 1. The molecule has 1 fully saturated rings. The lowest BCUT2D eigenvalue weighted by atomic mass is 9.98. The SMILES string of the molecule is CC(C)C(=O)OCC1(CO)C/C(=C/c2ccc(Cl)c(F)c2)C(=O)O1. The zero-order valence-corrected chi connectivity index (χ0v) is 14.1. The highest BCUT2D eigenvalue weighted by molar-refractivity contribution is 6.30. The molecule has 1 saturated heterocycles. The van der Waals surface area contributed by atoms with E-state index < -0.39 is 30.0 Å². The molecular formula is C17H18ClFO5. The molecule has 0 bridgehead atoms. The number of esters is 2. The normalized spacial score (nSPS) is 22.1. The Morgan fingerprint density at radius 1 is 1.54 bits per heavy atom. The minimum atomic E-state index is -1.31. The summed E-state index contributed by atoms with van der Waals surface area (Å²) in [6, 6.07) is 4.14. The summed E-state index contributed by atoms with van der Waals surface area (Å²) in [5.74, 6) is -2.02. The third kappa shape index (κ3) is 4.13. The van der Waals surface area contributed by atoms with E-state index in [-0.39, 0.29) is 29.5 Å². The first-order valence-corrected chi connectivity index (χ1v) is 7.80. The van der Waals surface area contributed by atoms with Gasteiger partial charge in [-0.1, -0.05) is 31.5 Å². The maximum absolute atomic E-state index is 13.5. The van der Waals surface area contributed by atoms with Gasteiger partial charge in [-0.15, -0.1) is 0 Å². The van der Waals surface area contributed by atoms with E-state index in [0.29, 0.717) is 5.56 Å². The zero-order chi connectivity index (χ0) is 17.9. The first kappa shape index (κ1) is 18.4. The number of carbonyl (C=O) groups excluding carboxylic acids is 2. The molecule has 0 saturated carbocycles. The van der Waals surface area contributed by atoms with Crippen LogP contribution in [0.3, 0.4) is 0 Å². The maximum atomic E-state index is 13.5. The van der Waals surface area contributed by atoms with Crippen molar-refractivity contribution in [3.63, 3.8) is 0 Å². The summed E-state index contributed by atoms with van der Waals surface area (Å²) < 4.78 is 23.8. The maximum Gasteiger partial charge on any atom is 0.334 e. The highest BCUT2D eigenvalue weighted by Gasteiger charge is 2.44.